The fourth-order valence-electron chi connectivity index (χ4n) is 3.58. The maximum atomic E-state index is 12.9. The molecule has 1 aliphatic rings. The van der Waals surface area contributed by atoms with E-state index in [1.807, 2.05) is 30.3 Å². The zero-order chi connectivity index (χ0) is 20.6. The van der Waals surface area contributed by atoms with E-state index in [9.17, 15) is 24.9 Å². The molecule has 1 atom stereocenters. The van der Waals surface area contributed by atoms with Crippen molar-refractivity contribution >= 4 is 5.78 Å². The predicted octanol–water partition coefficient (Wildman–Crippen LogP) is 2.54. The molecule has 1 unspecified atom stereocenters. The van der Waals surface area contributed by atoms with Crippen molar-refractivity contribution in [1.29, 1.82) is 0 Å². The Kier molecular flexibility index (Phi) is 4.60. The van der Waals surface area contributed by atoms with Crippen LogP contribution in [0.1, 0.15) is 33.7 Å². The van der Waals surface area contributed by atoms with Gasteiger partial charge in [-0.3, -0.25) is 4.79 Å². The predicted molar refractivity (Wildman–Crippen MR) is 102 cm³/mol. The third-order valence-corrected chi connectivity index (χ3v) is 4.68. The summed E-state index contributed by atoms with van der Waals surface area (Å²) in [5.74, 6) is -2.35. The Morgan fingerprint density at radius 1 is 0.966 bits per heavy atom. The standard InChI is InChI=1S/C22H18O7/c23-15-6-14(7-17-8-16(24)10-20(26)28-17)21-18(25)12-22(27,29-19(21)9-15)11-13-4-2-1-3-5-13/h1-6,8-10,23-24,27H,7,11-12H2. The molecule has 0 radical (unpaired) electrons. The average Bonchev–Trinajstić information content (AvgIpc) is 2.60. The van der Waals surface area contributed by atoms with Gasteiger partial charge in [0.05, 0.1) is 18.1 Å². The van der Waals surface area contributed by atoms with Crippen LogP contribution in [-0.4, -0.2) is 26.9 Å². The van der Waals surface area contributed by atoms with Crippen LogP contribution in [0, 0.1) is 0 Å². The molecule has 0 spiro atoms. The zero-order valence-corrected chi connectivity index (χ0v) is 15.3. The number of hydrogen-bond donors (Lipinski definition) is 3. The molecule has 0 fully saturated rings. The summed E-state index contributed by atoms with van der Waals surface area (Å²) in [4.78, 5) is 24.4. The van der Waals surface area contributed by atoms with E-state index in [2.05, 4.69) is 0 Å². The molecule has 1 aromatic heterocycles. The van der Waals surface area contributed by atoms with Gasteiger partial charge >= 0.3 is 5.63 Å². The van der Waals surface area contributed by atoms with Crippen LogP contribution < -0.4 is 10.4 Å². The van der Waals surface area contributed by atoms with Crippen LogP contribution in [0.3, 0.4) is 0 Å². The molecule has 2 heterocycles. The lowest BCUT2D eigenvalue weighted by Crippen LogP contribution is -2.44. The second-order valence-corrected chi connectivity index (χ2v) is 7.07. The molecule has 148 valence electrons. The molecule has 0 bridgehead atoms. The molecule has 0 amide bonds. The highest BCUT2D eigenvalue weighted by Crippen LogP contribution is 2.39. The summed E-state index contributed by atoms with van der Waals surface area (Å²) in [6.07, 6.45) is -0.186. The molecule has 29 heavy (non-hydrogen) atoms. The first-order valence-electron chi connectivity index (χ1n) is 8.99. The van der Waals surface area contributed by atoms with Crippen LogP contribution in [0.4, 0.5) is 0 Å². The Morgan fingerprint density at radius 3 is 2.41 bits per heavy atom. The number of benzene rings is 2. The topological polar surface area (TPSA) is 117 Å². The van der Waals surface area contributed by atoms with Gasteiger partial charge in [0.1, 0.15) is 23.0 Å². The number of aliphatic hydroxyl groups is 1. The van der Waals surface area contributed by atoms with Crippen molar-refractivity contribution < 1.29 is 29.3 Å². The largest absolute Gasteiger partial charge is 0.508 e. The van der Waals surface area contributed by atoms with Gasteiger partial charge in [-0.05, 0) is 17.2 Å². The molecule has 0 aliphatic carbocycles. The van der Waals surface area contributed by atoms with Crippen molar-refractivity contribution in [2.45, 2.75) is 25.0 Å². The van der Waals surface area contributed by atoms with Crippen molar-refractivity contribution in [2.75, 3.05) is 0 Å². The van der Waals surface area contributed by atoms with E-state index >= 15 is 0 Å². The average molecular weight is 394 g/mol. The summed E-state index contributed by atoms with van der Waals surface area (Å²) in [5, 5.41) is 30.5. The van der Waals surface area contributed by atoms with Gasteiger partial charge in [-0.1, -0.05) is 30.3 Å². The number of hydrogen-bond acceptors (Lipinski definition) is 7. The quantitative estimate of drug-likeness (QED) is 0.622. The van der Waals surface area contributed by atoms with Gasteiger partial charge in [-0.2, -0.15) is 0 Å². The molecular formula is C22H18O7. The van der Waals surface area contributed by atoms with Crippen molar-refractivity contribution in [3.05, 3.63) is 87.5 Å². The van der Waals surface area contributed by atoms with E-state index < -0.39 is 11.4 Å². The molecule has 1 aliphatic heterocycles. The number of ether oxygens (including phenoxy) is 1. The van der Waals surface area contributed by atoms with Gasteiger partial charge < -0.3 is 24.5 Å². The van der Waals surface area contributed by atoms with E-state index in [1.165, 1.54) is 18.2 Å². The second kappa shape index (κ2) is 7.10. The summed E-state index contributed by atoms with van der Waals surface area (Å²) in [6.45, 7) is 0. The summed E-state index contributed by atoms with van der Waals surface area (Å²) in [7, 11) is 0. The number of Topliss-reactive ketones (excluding diaryl/α,β-unsaturated/α-hetero) is 1. The Morgan fingerprint density at radius 2 is 1.69 bits per heavy atom. The lowest BCUT2D eigenvalue weighted by molar-refractivity contribution is -0.138. The Labute approximate surface area is 165 Å². The van der Waals surface area contributed by atoms with Gasteiger partial charge in [0.2, 0.25) is 5.79 Å². The number of rotatable bonds is 4. The number of carbonyl (C=O) groups excluding carboxylic acids is 1. The minimum atomic E-state index is -1.74. The van der Waals surface area contributed by atoms with Crippen molar-refractivity contribution in [3.63, 3.8) is 0 Å². The third kappa shape index (κ3) is 4.00. The minimum absolute atomic E-state index is 0.0212. The number of fused-ring (bicyclic) bond motifs is 1. The summed E-state index contributed by atoms with van der Waals surface area (Å²) < 4.78 is 10.8. The van der Waals surface area contributed by atoms with Gasteiger partial charge in [0.15, 0.2) is 5.78 Å². The Bertz CT molecular complexity index is 1130. The van der Waals surface area contributed by atoms with Crippen LogP contribution in [0.15, 0.2) is 63.8 Å². The fourth-order valence-corrected chi connectivity index (χ4v) is 3.58. The molecule has 3 N–H and O–H groups in total. The Hall–Kier alpha value is -3.58. The van der Waals surface area contributed by atoms with Gasteiger partial charge in [0, 0.05) is 25.0 Å². The highest BCUT2D eigenvalue weighted by molar-refractivity contribution is 6.02. The molecule has 3 aromatic rings. The monoisotopic (exact) mass is 394 g/mol. The summed E-state index contributed by atoms with van der Waals surface area (Å²) in [6, 6.07) is 14.0. The van der Waals surface area contributed by atoms with Crippen molar-refractivity contribution in [3.8, 4) is 17.2 Å². The minimum Gasteiger partial charge on any atom is -0.508 e. The first-order chi connectivity index (χ1) is 13.8. The van der Waals surface area contributed by atoms with E-state index in [1.54, 1.807) is 0 Å². The van der Waals surface area contributed by atoms with Crippen molar-refractivity contribution in [2.24, 2.45) is 0 Å². The van der Waals surface area contributed by atoms with Crippen LogP contribution in [0.5, 0.6) is 17.2 Å². The SMILES string of the molecule is O=C1CC(O)(Cc2ccccc2)Oc2cc(O)cc(Cc3cc(O)cc(=O)o3)c21. The highest BCUT2D eigenvalue weighted by atomic mass is 16.6. The van der Waals surface area contributed by atoms with E-state index in [4.69, 9.17) is 9.15 Å². The van der Waals surface area contributed by atoms with Gasteiger partial charge in [0.25, 0.3) is 0 Å². The van der Waals surface area contributed by atoms with Gasteiger partial charge in [-0.25, -0.2) is 4.79 Å². The summed E-state index contributed by atoms with van der Waals surface area (Å²) >= 11 is 0. The number of aromatic hydroxyl groups is 2. The van der Waals surface area contributed by atoms with Crippen molar-refractivity contribution in [1.82, 2.24) is 0 Å². The van der Waals surface area contributed by atoms with Crippen LogP contribution in [-0.2, 0) is 12.8 Å². The fraction of sp³-hybridized carbons (Fsp3) is 0.182. The number of phenols is 1. The first-order valence-corrected chi connectivity index (χ1v) is 8.99. The molecule has 0 saturated heterocycles. The van der Waals surface area contributed by atoms with E-state index in [-0.39, 0.29) is 53.6 Å². The lowest BCUT2D eigenvalue weighted by atomic mass is 9.89. The first kappa shape index (κ1) is 18.8. The van der Waals surface area contributed by atoms with E-state index in [0.29, 0.717) is 5.56 Å². The molecule has 7 heteroatoms. The molecule has 0 saturated carbocycles. The molecule has 2 aromatic carbocycles. The molecule has 7 nitrogen and oxygen atoms in total. The number of carbonyl (C=O) groups is 1. The lowest BCUT2D eigenvalue weighted by Gasteiger charge is -2.34. The number of ketones is 1. The Balaban J connectivity index is 1.70. The smallest absolute Gasteiger partial charge is 0.339 e. The van der Waals surface area contributed by atoms with Crippen LogP contribution in [0.25, 0.3) is 0 Å². The van der Waals surface area contributed by atoms with Crippen LogP contribution in [0.2, 0.25) is 0 Å². The maximum Gasteiger partial charge on any atom is 0.339 e. The van der Waals surface area contributed by atoms with Gasteiger partial charge in [-0.15, -0.1) is 0 Å². The maximum absolute atomic E-state index is 12.9. The number of phenolic OH excluding ortho intramolecular Hbond substituents is 1. The third-order valence-electron chi connectivity index (χ3n) is 4.68. The van der Waals surface area contributed by atoms with E-state index in [0.717, 1.165) is 11.6 Å². The molecular weight excluding hydrogens is 376 g/mol. The second-order valence-electron chi connectivity index (χ2n) is 7.07. The normalized spacial score (nSPS) is 18.2. The molecule has 4 rings (SSSR count). The zero-order valence-electron chi connectivity index (χ0n) is 15.3. The summed E-state index contributed by atoms with van der Waals surface area (Å²) in [5.41, 5.74) is 0.633. The van der Waals surface area contributed by atoms with Crippen LogP contribution >= 0.6 is 0 Å². The highest BCUT2D eigenvalue weighted by Gasteiger charge is 2.40.